The predicted molar refractivity (Wildman–Crippen MR) is 104 cm³/mol. The van der Waals surface area contributed by atoms with Crippen LogP contribution in [0, 0.1) is 0 Å². The van der Waals surface area contributed by atoms with E-state index in [1.165, 1.54) is 18.2 Å². The third-order valence-electron chi connectivity index (χ3n) is 4.62. The van der Waals surface area contributed by atoms with Crippen LogP contribution in [0.1, 0.15) is 32.6 Å². The second-order valence-corrected chi connectivity index (χ2v) is 7.20. The first-order valence-corrected chi connectivity index (χ1v) is 9.13. The molecule has 0 spiro atoms. The number of hydrogen-bond acceptors (Lipinski definition) is 5. The van der Waals surface area contributed by atoms with Gasteiger partial charge in [0.2, 0.25) is 0 Å². The van der Waals surface area contributed by atoms with Crippen LogP contribution in [0.5, 0.6) is 0 Å². The molecule has 11 heteroatoms. The molecule has 0 aromatic heterocycles. The molecule has 5 nitrogen and oxygen atoms in total. The molecular weight excluding hydrogens is 442 g/mol. The van der Waals surface area contributed by atoms with Crippen molar-refractivity contribution < 1.29 is 40.7 Å². The maximum Gasteiger partial charge on any atom is 0.416 e. The van der Waals surface area contributed by atoms with Gasteiger partial charge < -0.3 is 15.4 Å². The number of halogens is 6. The van der Waals surface area contributed by atoms with Gasteiger partial charge in [-0.2, -0.15) is 26.3 Å². The van der Waals surface area contributed by atoms with Gasteiger partial charge in [-0.25, -0.2) is 0 Å². The van der Waals surface area contributed by atoms with Crippen LogP contribution >= 0.6 is 0 Å². The lowest BCUT2D eigenvalue weighted by Gasteiger charge is -2.20. The smallest absolute Gasteiger partial charge is 0.416 e. The number of alkyl halides is 6. The molecule has 1 unspecified atom stereocenters. The fraction of sp³-hybridized carbons (Fsp3) is 0.333. The molecule has 2 aromatic carbocycles. The molecule has 0 saturated carbocycles. The quantitative estimate of drug-likeness (QED) is 0.398. The summed E-state index contributed by atoms with van der Waals surface area (Å²) in [6.45, 7) is 0. The summed E-state index contributed by atoms with van der Waals surface area (Å²) in [7, 11) is 4.49. The van der Waals surface area contributed by atoms with Gasteiger partial charge in [-0.3, -0.25) is 9.59 Å². The number of anilines is 1. The standard InChI is InChI=1S/C21H20F6N2O3/c1-29(2)17-5-4-11(6-12(17)9-16(28)19(31)32-3)18(30)13-7-14(20(22,23)24)10-15(8-13)21(25,26)27/h4-8,10,16H,9,28H2,1-3H3. The Kier molecular flexibility index (Phi) is 7.23. The number of nitrogens with zero attached hydrogens (tertiary/aromatic N) is 1. The molecule has 0 heterocycles. The first-order chi connectivity index (χ1) is 14.6. The highest BCUT2D eigenvalue weighted by Gasteiger charge is 2.37. The van der Waals surface area contributed by atoms with Crippen LogP contribution in [0.3, 0.4) is 0 Å². The van der Waals surface area contributed by atoms with E-state index < -0.39 is 46.8 Å². The maximum atomic E-state index is 13.1. The summed E-state index contributed by atoms with van der Waals surface area (Å²) in [4.78, 5) is 26.2. The summed E-state index contributed by atoms with van der Waals surface area (Å²) < 4.78 is 83.3. The Morgan fingerprint density at radius 2 is 1.47 bits per heavy atom. The van der Waals surface area contributed by atoms with E-state index in [0.717, 1.165) is 7.11 Å². The zero-order valence-corrected chi connectivity index (χ0v) is 17.3. The third kappa shape index (κ3) is 5.78. The van der Waals surface area contributed by atoms with Gasteiger partial charge in [-0.1, -0.05) is 0 Å². The maximum absolute atomic E-state index is 13.1. The van der Waals surface area contributed by atoms with E-state index in [1.807, 2.05) is 0 Å². The Morgan fingerprint density at radius 3 is 1.91 bits per heavy atom. The average Bonchev–Trinajstić information content (AvgIpc) is 2.70. The fourth-order valence-corrected chi connectivity index (χ4v) is 3.05. The SMILES string of the molecule is COC(=O)C(N)Cc1cc(C(=O)c2cc(C(F)(F)F)cc(C(F)(F)F)c2)ccc1N(C)C. The van der Waals surface area contributed by atoms with Crippen molar-refractivity contribution in [2.45, 2.75) is 24.8 Å². The van der Waals surface area contributed by atoms with E-state index >= 15 is 0 Å². The molecule has 0 aliphatic carbocycles. The zero-order valence-electron chi connectivity index (χ0n) is 17.3. The minimum Gasteiger partial charge on any atom is -0.468 e. The van der Waals surface area contributed by atoms with E-state index in [0.29, 0.717) is 23.4 Å². The molecule has 32 heavy (non-hydrogen) atoms. The number of esters is 1. The van der Waals surface area contributed by atoms with Gasteiger partial charge in [0.05, 0.1) is 18.2 Å². The van der Waals surface area contributed by atoms with Crippen molar-refractivity contribution in [3.8, 4) is 0 Å². The van der Waals surface area contributed by atoms with Crippen LogP contribution in [0.2, 0.25) is 0 Å². The number of hydrogen-bond donors (Lipinski definition) is 1. The first kappa shape index (κ1) is 25.2. The summed E-state index contributed by atoms with van der Waals surface area (Å²) in [5, 5.41) is 0. The van der Waals surface area contributed by atoms with Gasteiger partial charge in [0.1, 0.15) is 6.04 Å². The molecule has 2 rings (SSSR count). The van der Waals surface area contributed by atoms with Gasteiger partial charge in [0, 0.05) is 37.3 Å². The predicted octanol–water partition coefficient (Wildman–Crippen LogP) is 4.06. The number of methoxy groups -OCH3 is 1. The van der Waals surface area contributed by atoms with Crippen LogP contribution in [0.25, 0.3) is 0 Å². The number of benzene rings is 2. The number of rotatable bonds is 6. The van der Waals surface area contributed by atoms with Gasteiger partial charge in [-0.05, 0) is 42.0 Å². The van der Waals surface area contributed by atoms with E-state index in [2.05, 4.69) is 4.74 Å². The molecule has 0 aliphatic rings. The normalized spacial score (nSPS) is 12.9. The summed E-state index contributed by atoms with van der Waals surface area (Å²) in [6.07, 6.45) is -10.2. The Hall–Kier alpha value is -3.08. The van der Waals surface area contributed by atoms with Crippen LogP contribution in [0.15, 0.2) is 36.4 Å². The molecule has 0 aliphatic heterocycles. The summed E-state index contributed by atoms with van der Waals surface area (Å²) in [5.41, 5.74) is 2.61. The number of ether oxygens (including phenoxy) is 1. The van der Waals surface area contributed by atoms with Gasteiger partial charge in [-0.15, -0.1) is 0 Å². The monoisotopic (exact) mass is 462 g/mol. The van der Waals surface area contributed by atoms with E-state index in [9.17, 15) is 35.9 Å². The Morgan fingerprint density at radius 1 is 0.938 bits per heavy atom. The van der Waals surface area contributed by atoms with Gasteiger partial charge in [0.15, 0.2) is 5.78 Å². The number of carbonyl (C=O) groups is 2. The topological polar surface area (TPSA) is 72.6 Å². The van der Waals surface area contributed by atoms with E-state index in [1.54, 1.807) is 19.0 Å². The van der Waals surface area contributed by atoms with E-state index in [4.69, 9.17) is 5.73 Å². The second kappa shape index (κ2) is 9.19. The molecular formula is C21H20F6N2O3. The largest absolute Gasteiger partial charge is 0.468 e. The minimum absolute atomic E-state index is 0.0489. The lowest BCUT2D eigenvalue weighted by atomic mass is 9.94. The van der Waals surface area contributed by atoms with Crippen molar-refractivity contribution in [1.29, 1.82) is 0 Å². The van der Waals surface area contributed by atoms with Gasteiger partial charge >= 0.3 is 18.3 Å². The Balaban J connectivity index is 2.57. The van der Waals surface area contributed by atoms with Crippen LogP contribution in [-0.4, -0.2) is 39.0 Å². The Labute approximate surface area is 179 Å². The lowest BCUT2D eigenvalue weighted by Crippen LogP contribution is -2.34. The van der Waals surface area contributed by atoms with Crippen molar-refractivity contribution in [2.75, 3.05) is 26.1 Å². The molecule has 0 radical (unpaired) electrons. The number of ketones is 1. The lowest BCUT2D eigenvalue weighted by molar-refractivity contribution is -0.143. The minimum atomic E-state index is -5.08. The molecule has 0 amide bonds. The highest BCUT2D eigenvalue weighted by atomic mass is 19.4. The Bertz CT molecular complexity index is 983. The van der Waals surface area contributed by atoms with Crippen molar-refractivity contribution >= 4 is 17.4 Å². The molecule has 1 atom stereocenters. The van der Waals surface area contributed by atoms with Gasteiger partial charge in [0.25, 0.3) is 0 Å². The van der Waals surface area contributed by atoms with Crippen molar-refractivity contribution in [3.05, 3.63) is 64.2 Å². The molecule has 0 fully saturated rings. The fourth-order valence-electron chi connectivity index (χ4n) is 3.05. The summed E-state index contributed by atoms with van der Waals surface area (Å²) in [5.74, 6) is -1.76. The molecule has 0 bridgehead atoms. The van der Waals surface area contributed by atoms with E-state index in [-0.39, 0.29) is 18.1 Å². The zero-order chi connectivity index (χ0) is 24.4. The summed E-state index contributed by atoms with van der Waals surface area (Å²) >= 11 is 0. The molecule has 174 valence electrons. The molecule has 0 saturated heterocycles. The van der Waals surface area contributed by atoms with Crippen molar-refractivity contribution in [2.24, 2.45) is 5.73 Å². The number of nitrogens with two attached hydrogens (primary N) is 1. The van der Waals surface area contributed by atoms with Crippen LogP contribution < -0.4 is 10.6 Å². The molecule has 2 aromatic rings. The highest BCUT2D eigenvalue weighted by molar-refractivity contribution is 6.09. The third-order valence-corrected chi connectivity index (χ3v) is 4.62. The van der Waals surface area contributed by atoms with Crippen molar-refractivity contribution in [1.82, 2.24) is 0 Å². The number of carbonyl (C=O) groups excluding carboxylic acids is 2. The van der Waals surface area contributed by atoms with Crippen molar-refractivity contribution in [3.63, 3.8) is 0 Å². The summed E-state index contributed by atoms with van der Waals surface area (Å²) in [6, 6.07) is 3.63. The van der Waals surface area contributed by atoms with Crippen LogP contribution in [-0.2, 0) is 28.3 Å². The highest BCUT2D eigenvalue weighted by Crippen LogP contribution is 2.37. The molecule has 2 N–H and O–H groups in total. The second-order valence-electron chi connectivity index (χ2n) is 7.20. The van der Waals surface area contributed by atoms with Crippen LogP contribution in [0.4, 0.5) is 32.0 Å². The average molecular weight is 462 g/mol. The first-order valence-electron chi connectivity index (χ1n) is 9.13.